The van der Waals surface area contributed by atoms with Crippen molar-refractivity contribution in [3.05, 3.63) is 30.4 Å². The molecule has 2 amide bonds. The van der Waals surface area contributed by atoms with Crippen LogP contribution in [0.1, 0.15) is 51.3 Å². The third-order valence-corrected chi connectivity index (χ3v) is 6.89. The van der Waals surface area contributed by atoms with Crippen LogP contribution in [0.15, 0.2) is 29.7 Å². The second-order valence-electron chi connectivity index (χ2n) is 8.50. The molecule has 10 heteroatoms. The van der Waals surface area contributed by atoms with Gasteiger partial charge in [0.15, 0.2) is 11.0 Å². The van der Waals surface area contributed by atoms with Crippen LogP contribution < -0.4 is 5.32 Å². The molecule has 1 saturated heterocycles. The van der Waals surface area contributed by atoms with Crippen molar-refractivity contribution in [2.24, 2.45) is 5.92 Å². The van der Waals surface area contributed by atoms with Gasteiger partial charge in [0.05, 0.1) is 30.3 Å². The lowest BCUT2D eigenvalue weighted by molar-refractivity contribution is -0.131. The minimum atomic E-state index is -0.826. The topological polar surface area (TPSA) is 117 Å². The van der Waals surface area contributed by atoms with Crippen molar-refractivity contribution in [2.45, 2.75) is 62.7 Å². The molecule has 0 bridgehead atoms. The van der Waals surface area contributed by atoms with E-state index in [-0.39, 0.29) is 23.5 Å². The molecule has 1 aliphatic carbocycles. The van der Waals surface area contributed by atoms with Crippen molar-refractivity contribution >= 4 is 23.6 Å². The molecule has 3 heterocycles. The number of carbonyl (C=O) groups is 2. The van der Waals surface area contributed by atoms with Crippen molar-refractivity contribution in [3.8, 4) is 11.8 Å². The Morgan fingerprint density at radius 1 is 1.34 bits per heavy atom. The second-order valence-corrected chi connectivity index (χ2v) is 9.44. The van der Waals surface area contributed by atoms with Crippen LogP contribution in [-0.4, -0.2) is 54.3 Å². The van der Waals surface area contributed by atoms with Gasteiger partial charge in [-0.1, -0.05) is 18.2 Å². The number of carbonyl (C=O) groups excluding carboxylic acids is 2. The Bertz CT molecular complexity index is 1020. The van der Waals surface area contributed by atoms with Gasteiger partial charge in [-0.3, -0.25) is 19.1 Å². The Morgan fingerprint density at radius 3 is 2.91 bits per heavy atom. The number of nitrogens with zero attached hydrogens (tertiary/aromatic N) is 6. The molecular formula is C22H27N7O2S. The first-order valence-electron chi connectivity index (χ1n) is 11.0. The summed E-state index contributed by atoms with van der Waals surface area (Å²) in [5.74, 6) is 0.892. The molecule has 9 nitrogen and oxygen atoms in total. The van der Waals surface area contributed by atoms with E-state index in [0.717, 1.165) is 37.8 Å². The van der Waals surface area contributed by atoms with E-state index in [4.69, 9.17) is 0 Å². The molecule has 1 aliphatic heterocycles. The highest BCUT2D eigenvalue weighted by molar-refractivity contribution is 7.99. The van der Waals surface area contributed by atoms with Gasteiger partial charge in [0.25, 0.3) is 0 Å². The molecule has 0 aromatic carbocycles. The average molecular weight is 454 g/mol. The zero-order valence-electron chi connectivity index (χ0n) is 18.2. The van der Waals surface area contributed by atoms with Crippen LogP contribution in [0.4, 0.5) is 0 Å². The molecule has 168 valence electrons. The van der Waals surface area contributed by atoms with Gasteiger partial charge in [0.2, 0.25) is 11.8 Å². The van der Waals surface area contributed by atoms with E-state index in [0.29, 0.717) is 30.5 Å². The lowest BCUT2D eigenvalue weighted by Gasteiger charge is -2.22. The molecule has 2 aromatic rings. The number of thioether (sulfide) groups is 1. The predicted molar refractivity (Wildman–Crippen MR) is 119 cm³/mol. The van der Waals surface area contributed by atoms with Crippen molar-refractivity contribution in [1.82, 2.24) is 30.0 Å². The normalized spacial score (nSPS) is 18.5. The number of hydrogen-bond donors (Lipinski definition) is 1. The number of pyridine rings is 1. The van der Waals surface area contributed by atoms with Gasteiger partial charge in [-0.2, -0.15) is 5.26 Å². The number of amides is 2. The summed E-state index contributed by atoms with van der Waals surface area (Å²) in [5.41, 5.74) is -0.0509. The van der Waals surface area contributed by atoms with Gasteiger partial charge in [-0.15, -0.1) is 10.2 Å². The smallest absolute Gasteiger partial charge is 0.231 e. The monoisotopic (exact) mass is 453 g/mol. The summed E-state index contributed by atoms with van der Waals surface area (Å²) < 4.78 is 1.85. The molecule has 1 unspecified atom stereocenters. The average Bonchev–Trinajstić information content (AvgIpc) is 3.61. The highest BCUT2D eigenvalue weighted by Crippen LogP contribution is 2.39. The van der Waals surface area contributed by atoms with Crippen LogP contribution in [-0.2, 0) is 16.1 Å². The Labute approximate surface area is 191 Å². The summed E-state index contributed by atoms with van der Waals surface area (Å²) in [6.07, 6.45) is 8.83. The molecule has 32 heavy (non-hydrogen) atoms. The van der Waals surface area contributed by atoms with Crippen LogP contribution >= 0.6 is 11.8 Å². The van der Waals surface area contributed by atoms with E-state index in [2.05, 4.69) is 26.6 Å². The molecular weight excluding hydrogens is 426 g/mol. The van der Waals surface area contributed by atoms with Crippen molar-refractivity contribution in [3.63, 3.8) is 0 Å². The fraction of sp³-hybridized carbons (Fsp3) is 0.545. The fourth-order valence-electron chi connectivity index (χ4n) is 3.96. The third kappa shape index (κ3) is 5.10. The van der Waals surface area contributed by atoms with E-state index in [1.807, 2.05) is 21.6 Å². The highest BCUT2D eigenvalue weighted by Gasteiger charge is 2.43. The van der Waals surface area contributed by atoms with Gasteiger partial charge in [-0.05, 0) is 50.7 Å². The first-order valence-corrected chi connectivity index (χ1v) is 12.0. The van der Waals surface area contributed by atoms with Crippen LogP contribution in [0.25, 0.3) is 5.69 Å². The first kappa shape index (κ1) is 22.3. The van der Waals surface area contributed by atoms with Crippen molar-refractivity contribution in [2.75, 3.05) is 12.3 Å². The number of likely N-dealkylation sites (tertiary alicyclic amines) is 1. The van der Waals surface area contributed by atoms with Crippen LogP contribution in [0, 0.1) is 17.2 Å². The SMILES string of the molecule is CC(C#N)(NC(=O)CSc1nnc(CN2CCCCCC2=O)n1-c1cccnc1)C1CC1. The van der Waals surface area contributed by atoms with Crippen molar-refractivity contribution < 1.29 is 9.59 Å². The summed E-state index contributed by atoms with van der Waals surface area (Å²) in [4.78, 5) is 31.1. The summed E-state index contributed by atoms with van der Waals surface area (Å²) in [6, 6.07) is 5.97. The molecule has 1 N–H and O–H groups in total. The minimum absolute atomic E-state index is 0.116. The standard InChI is InChI=1S/C22H27N7O2S/c1-22(15-23,16-8-9-16)25-19(30)14-32-21-27-26-18(29(21)17-6-5-10-24-12-17)13-28-11-4-2-3-7-20(28)31/h5-6,10,12,16H,2-4,7-9,11,13-14H2,1H3,(H,25,30). The molecule has 1 saturated carbocycles. The molecule has 2 fully saturated rings. The van der Waals surface area contributed by atoms with E-state index < -0.39 is 5.54 Å². The van der Waals surface area contributed by atoms with Gasteiger partial charge >= 0.3 is 0 Å². The lowest BCUT2D eigenvalue weighted by Crippen LogP contribution is -2.47. The van der Waals surface area contributed by atoms with Crippen molar-refractivity contribution in [1.29, 1.82) is 5.26 Å². The van der Waals surface area contributed by atoms with Gasteiger partial charge < -0.3 is 10.2 Å². The Kier molecular flexibility index (Phi) is 6.74. The van der Waals surface area contributed by atoms with E-state index >= 15 is 0 Å². The molecule has 2 aliphatic rings. The van der Waals surface area contributed by atoms with Gasteiger partial charge in [0.1, 0.15) is 5.54 Å². The molecule has 4 rings (SSSR count). The molecule has 0 radical (unpaired) electrons. The number of aromatic nitrogens is 4. The lowest BCUT2D eigenvalue weighted by atomic mass is 9.98. The Balaban J connectivity index is 1.51. The number of rotatable bonds is 8. The van der Waals surface area contributed by atoms with Gasteiger partial charge in [0, 0.05) is 19.2 Å². The zero-order chi connectivity index (χ0) is 22.6. The summed E-state index contributed by atoms with van der Waals surface area (Å²) >= 11 is 1.26. The minimum Gasteiger partial charge on any atom is -0.337 e. The van der Waals surface area contributed by atoms with E-state index in [1.54, 1.807) is 19.3 Å². The summed E-state index contributed by atoms with van der Waals surface area (Å²) in [5, 5.41) is 21.6. The molecule has 2 aromatic heterocycles. The second kappa shape index (κ2) is 9.69. The predicted octanol–water partition coefficient (Wildman–Crippen LogP) is 2.47. The zero-order valence-corrected chi connectivity index (χ0v) is 19.0. The quantitative estimate of drug-likeness (QED) is 0.610. The largest absolute Gasteiger partial charge is 0.337 e. The molecule has 0 spiro atoms. The molecule has 1 atom stereocenters. The summed E-state index contributed by atoms with van der Waals surface area (Å²) in [6.45, 7) is 2.85. The van der Waals surface area contributed by atoms with E-state index in [9.17, 15) is 14.9 Å². The van der Waals surface area contributed by atoms with Gasteiger partial charge in [-0.25, -0.2) is 0 Å². The van der Waals surface area contributed by atoms with Crippen LogP contribution in [0.3, 0.4) is 0 Å². The van der Waals surface area contributed by atoms with Crippen LogP contribution in [0.5, 0.6) is 0 Å². The van der Waals surface area contributed by atoms with Crippen LogP contribution in [0.2, 0.25) is 0 Å². The maximum Gasteiger partial charge on any atom is 0.231 e. The summed E-state index contributed by atoms with van der Waals surface area (Å²) in [7, 11) is 0. The maximum absolute atomic E-state index is 12.6. The number of nitriles is 1. The Hall–Kier alpha value is -2.93. The maximum atomic E-state index is 12.6. The highest BCUT2D eigenvalue weighted by atomic mass is 32.2. The number of nitrogens with one attached hydrogen (secondary N) is 1. The number of hydrogen-bond acceptors (Lipinski definition) is 7. The fourth-order valence-corrected chi connectivity index (χ4v) is 4.73. The Morgan fingerprint density at radius 2 is 2.19 bits per heavy atom. The first-order chi connectivity index (χ1) is 15.5. The third-order valence-electron chi connectivity index (χ3n) is 5.97. The van der Waals surface area contributed by atoms with E-state index in [1.165, 1.54) is 11.8 Å².